The Morgan fingerprint density at radius 2 is 2.10 bits per heavy atom. The number of thiophene rings is 1. The van der Waals surface area contributed by atoms with E-state index < -0.39 is 0 Å². The molecule has 0 atom stereocenters. The summed E-state index contributed by atoms with van der Waals surface area (Å²) in [5.74, 6) is -0.00390. The van der Waals surface area contributed by atoms with E-state index in [0.29, 0.717) is 42.6 Å². The Labute approximate surface area is 184 Å². The number of amides is 1. The highest BCUT2D eigenvalue weighted by Gasteiger charge is 2.28. The standard InChI is InChI=1S/C22H23ClN4O2S/c1-15-19-13-20(21(28)26(10-2-9-24)18-7-11-29-12-8-18)30-22(19)27(25-15)14-16-3-5-17(23)6-4-16/h3-6,13,18H,2,7-8,10-12,14H2,1H3. The summed E-state index contributed by atoms with van der Waals surface area (Å²) in [4.78, 5) is 16.9. The number of carbonyl (C=O) groups is 1. The molecule has 1 amide bonds. The van der Waals surface area contributed by atoms with E-state index >= 15 is 0 Å². The third-order valence-corrected chi connectivity index (χ3v) is 6.81. The number of benzene rings is 1. The summed E-state index contributed by atoms with van der Waals surface area (Å²) in [6, 6.07) is 11.9. The number of rotatable bonds is 6. The average Bonchev–Trinajstić information content (AvgIpc) is 3.32. The molecule has 3 heterocycles. The fourth-order valence-electron chi connectivity index (χ4n) is 3.85. The molecule has 1 fully saturated rings. The van der Waals surface area contributed by atoms with Crippen LogP contribution in [0.4, 0.5) is 0 Å². The minimum absolute atomic E-state index is 0.00390. The molecule has 1 aliphatic rings. The van der Waals surface area contributed by atoms with Crippen LogP contribution in [0, 0.1) is 18.3 Å². The Balaban J connectivity index is 1.62. The van der Waals surface area contributed by atoms with Gasteiger partial charge in [0, 0.05) is 36.2 Å². The van der Waals surface area contributed by atoms with Gasteiger partial charge in [-0.3, -0.25) is 9.48 Å². The molecular weight excluding hydrogens is 420 g/mol. The number of halogens is 1. The number of ether oxygens (including phenoxy) is 1. The lowest BCUT2D eigenvalue weighted by Gasteiger charge is -2.33. The van der Waals surface area contributed by atoms with Gasteiger partial charge < -0.3 is 9.64 Å². The van der Waals surface area contributed by atoms with Crippen LogP contribution >= 0.6 is 22.9 Å². The quantitative estimate of drug-likeness (QED) is 0.557. The monoisotopic (exact) mass is 442 g/mol. The Morgan fingerprint density at radius 1 is 1.37 bits per heavy atom. The van der Waals surface area contributed by atoms with Crippen molar-refractivity contribution in [2.75, 3.05) is 19.8 Å². The van der Waals surface area contributed by atoms with Gasteiger partial charge in [-0.1, -0.05) is 23.7 Å². The van der Waals surface area contributed by atoms with E-state index in [-0.39, 0.29) is 11.9 Å². The van der Waals surface area contributed by atoms with Crippen molar-refractivity contribution in [2.45, 2.75) is 38.8 Å². The highest BCUT2D eigenvalue weighted by molar-refractivity contribution is 7.20. The third kappa shape index (κ3) is 4.36. The van der Waals surface area contributed by atoms with Gasteiger partial charge in [0.25, 0.3) is 5.91 Å². The Morgan fingerprint density at radius 3 is 2.80 bits per heavy atom. The van der Waals surface area contributed by atoms with Crippen LogP contribution in [0.5, 0.6) is 0 Å². The van der Waals surface area contributed by atoms with E-state index in [9.17, 15) is 4.79 Å². The number of hydrogen-bond donors (Lipinski definition) is 0. The fraction of sp³-hybridized carbons (Fsp3) is 0.409. The first-order valence-electron chi connectivity index (χ1n) is 10.0. The molecular formula is C22H23ClN4O2S. The summed E-state index contributed by atoms with van der Waals surface area (Å²) in [5.41, 5.74) is 2.01. The van der Waals surface area contributed by atoms with Gasteiger partial charge in [0.05, 0.1) is 29.6 Å². The maximum atomic E-state index is 13.4. The topological polar surface area (TPSA) is 71.2 Å². The van der Waals surface area contributed by atoms with E-state index in [4.69, 9.17) is 21.6 Å². The molecule has 4 rings (SSSR count). The summed E-state index contributed by atoms with van der Waals surface area (Å²) in [6.45, 7) is 4.34. The zero-order valence-electron chi connectivity index (χ0n) is 16.8. The molecule has 0 unspecified atom stereocenters. The summed E-state index contributed by atoms with van der Waals surface area (Å²) >= 11 is 7.46. The van der Waals surface area contributed by atoms with Crippen molar-refractivity contribution < 1.29 is 9.53 Å². The zero-order valence-corrected chi connectivity index (χ0v) is 18.4. The van der Waals surface area contributed by atoms with Crippen molar-refractivity contribution in [2.24, 2.45) is 0 Å². The van der Waals surface area contributed by atoms with E-state index in [2.05, 4.69) is 11.2 Å². The van der Waals surface area contributed by atoms with Gasteiger partial charge in [0.2, 0.25) is 0 Å². The molecule has 1 aromatic carbocycles. The normalized spacial score (nSPS) is 14.7. The molecule has 0 bridgehead atoms. The predicted molar refractivity (Wildman–Crippen MR) is 118 cm³/mol. The largest absolute Gasteiger partial charge is 0.381 e. The first kappa shape index (κ1) is 20.9. The van der Waals surface area contributed by atoms with Gasteiger partial charge in [-0.2, -0.15) is 10.4 Å². The van der Waals surface area contributed by atoms with Crippen LogP contribution in [-0.2, 0) is 11.3 Å². The zero-order chi connectivity index (χ0) is 21.1. The van der Waals surface area contributed by atoms with Gasteiger partial charge in [-0.15, -0.1) is 11.3 Å². The summed E-state index contributed by atoms with van der Waals surface area (Å²) in [7, 11) is 0. The van der Waals surface area contributed by atoms with Crippen molar-refractivity contribution in [1.29, 1.82) is 5.26 Å². The van der Waals surface area contributed by atoms with Crippen LogP contribution in [0.2, 0.25) is 5.02 Å². The number of aromatic nitrogens is 2. The number of hydrogen-bond acceptors (Lipinski definition) is 5. The molecule has 2 aromatic heterocycles. The number of fused-ring (bicyclic) bond motifs is 1. The molecule has 1 saturated heterocycles. The lowest BCUT2D eigenvalue weighted by atomic mass is 10.1. The Kier molecular flexibility index (Phi) is 6.38. The van der Waals surface area contributed by atoms with E-state index in [1.807, 2.05) is 46.8 Å². The molecule has 1 aliphatic heterocycles. The molecule has 6 nitrogen and oxygen atoms in total. The highest BCUT2D eigenvalue weighted by atomic mass is 35.5. The predicted octanol–water partition coefficient (Wildman–Crippen LogP) is 4.64. The van der Waals surface area contributed by atoms with Gasteiger partial charge in [-0.25, -0.2) is 0 Å². The lowest BCUT2D eigenvalue weighted by Crippen LogP contribution is -2.43. The lowest BCUT2D eigenvalue weighted by molar-refractivity contribution is 0.0299. The van der Waals surface area contributed by atoms with E-state index in [1.165, 1.54) is 11.3 Å². The molecule has 30 heavy (non-hydrogen) atoms. The third-order valence-electron chi connectivity index (χ3n) is 5.42. The Bertz CT molecular complexity index is 1080. The fourth-order valence-corrected chi connectivity index (χ4v) is 5.09. The first-order chi connectivity index (χ1) is 14.6. The van der Waals surface area contributed by atoms with Crippen molar-refractivity contribution in [3.63, 3.8) is 0 Å². The van der Waals surface area contributed by atoms with Crippen LogP contribution in [0.1, 0.15) is 40.2 Å². The van der Waals surface area contributed by atoms with Crippen molar-refractivity contribution in [3.05, 3.63) is 51.5 Å². The van der Waals surface area contributed by atoms with Crippen molar-refractivity contribution >= 4 is 39.1 Å². The van der Waals surface area contributed by atoms with Gasteiger partial charge >= 0.3 is 0 Å². The van der Waals surface area contributed by atoms with Crippen LogP contribution in [0.15, 0.2) is 30.3 Å². The number of nitriles is 1. The summed E-state index contributed by atoms with van der Waals surface area (Å²) < 4.78 is 7.40. The van der Waals surface area contributed by atoms with Crippen LogP contribution < -0.4 is 0 Å². The molecule has 0 saturated carbocycles. The first-order valence-corrected chi connectivity index (χ1v) is 11.2. The number of aryl methyl sites for hydroxylation is 1. The minimum Gasteiger partial charge on any atom is -0.381 e. The van der Waals surface area contributed by atoms with Crippen LogP contribution in [-0.4, -0.2) is 46.4 Å². The molecule has 0 aliphatic carbocycles. The van der Waals surface area contributed by atoms with E-state index in [0.717, 1.165) is 34.3 Å². The average molecular weight is 443 g/mol. The maximum absolute atomic E-state index is 13.4. The second-order valence-electron chi connectivity index (χ2n) is 7.45. The second kappa shape index (κ2) is 9.17. The van der Waals surface area contributed by atoms with Gasteiger partial charge in [0.15, 0.2) is 0 Å². The molecule has 0 N–H and O–H groups in total. The summed E-state index contributed by atoms with van der Waals surface area (Å²) in [6.07, 6.45) is 1.95. The molecule has 0 radical (unpaired) electrons. The number of nitrogens with zero attached hydrogens (tertiary/aromatic N) is 4. The molecule has 0 spiro atoms. The summed E-state index contributed by atoms with van der Waals surface area (Å²) in [5, 5.41) is 15.4. The van der Waals surface area contributed by atoms with Gasteiger partial charge in [-0.05, 0) is 43.5 Å². The highest BCUT2D eigenvalue weighted by Crippen LogP contribution is 2.31. The van der Waals surface area contributed by atoms with Crippen molar-refractivity contribution in [3.8, 4) is 6.07 Å². The van der Waals surface area contributed by atoms with Crippen LogP contribution in [0.25, 0.3) is 10.2 Å². The van der Waals surface area contributed by atoms with E-state index in [1.54, 1.807) is 0 Å². The van der Waals surface area contributed by atoms with Crippen LogP contribution in [0.3, 0.4) is 0 Å². The minimum atomic E-state index is -0.00390. The second-order valence-corrected chi connectivity index (χ2v) is 8.92. The smallest absolute Gasteiger partial charge is 0.264 e. The molecule has 8 heteroatoms. The number of carbonyl (C=O) groups excluding carboxylic acids is 1. The van der Waals surface area contributed by atoms with Gasteiger partial charge in [0.1, 0.15) is 4.83 Å². The SMILES string of the molecule is Cc1nn(Cc2ccc(Cl)cc2)c2sc(C(=O)N(CCC#N)C3CCOCC3)cc12. The molecule has 3 aromatic rings. The molecule has 156 valence electrons. The Hall–Kier alpha value is -2.40. The maximum Gasteiger partial charge on any atom is 0.264 e. The van der Waals surface area contributed by atoms with Crippen molar-refractivity contribution in [1.82, 2.24) is 14.7 Å².